The maximum Gasteiger partial charge on any atom is 0.239 e. The number of thioether (sulfide) groups is 1. The molecule has 0 fully saturated rings. The smallest absolute Gasteiger partial charge is 0.239 e. The molecule has 2 aromatic heterocycles. The molecule has 1 atom stereocenters. The first-order valence-electron chi connectivity index (χ1n) is 8.69. The Morgan fingerprint density at radius 2 is 2.04 bits per heavy atom. The minimum absolute atomic E-state index is 0.155. The highest BCUT2D eigenvalue weighted by Crippen LogP contribution is 2.24. The van der Waals surface area contributed by atoms with E-state index in [9.17, 15) is 4.79 Å². The van der Waals surface area contributed by atoms with Crippen LogP contribution in [0.2, 0.25) is 0 Å². The molecule has 1 N–H and O–H groups in total. The van der Waals surface area contributed by atoms with Crippen LogP contribution in [0.3, 0.4) is 0 Å². The Balaban J connectivity index is 1.59. The highest BCUT2D eigenvalue weighted by atomic mass is 32.2. The van der Waals surface area contributed by atoms with Crippen LogP contribution >= 0.6 is 23.1 Å². The molecule has 2 heterocycles. The molecule has 3 rings (SSSR count). The van der Waals surface area contributed by atoms with Crippen molar-refractivity contribution in [1.29, 1.82) is 0 Å². The molecular formula is C18H22N6O2S2. The Kier molecular flexibility index (Phi) is 6.30. The summed E-state index contributed by atoms with van der Waals surface area (Å²) in [5.41, 5.74) is 2.27. The third-order valence-corrected chi connectivity index (χ3v) is 5.91. The van der Waals surface area contributed by atoms with Crippen LogP contribution in [-0.2, 0) is 18.4 Å². The quantitative estimate of drug-likeness (QED) is 0.588. The second kappa shape index (κ2) is 8.70. The average Bonchev–Trinajstić information content (AvgIpc) is 3.20. The molecule has 8 nitrogen and oxygen atoms in total. The molecule has 0 aliphatic rings. The van der Waals surface area contributed by atoms with Crippen molar-refractivity contribution in [3.63, 3.8) is 0 Å². The zero-order valence-electron chi connectivity index (χ0n) is 16.4. The second-order valence-electron chi connectivity index (χ2n) is 6.39. The SMILES string of the molecule is Cc1ccc(OCc2nnc(S[C@H](C)C(=O)Nc3nnc(C)s3)n2C)c(C)c1. The van der Waals surface area contributed by atoms with Crippen molar-refractivity contribution in [2.24, 2.45) is 7.05 Å². The predicted molar refractivity (Wildman–Crippen MR) is 110 cm³/mol. The molecule has 3 aromatic rings. The van der Waals surface area contributed by atoms with E-state index in [1.54, 1.807) is 0 Å². The van der Waals surface area contributed by atoms with Gasteiger partial charge < -0.3 is 9.30 Å². The molecule has 0 radical (unpaired) electrons. The second-order valence-corrected chi connectivity index (χ2v) is 8.88. The summed E-state index contributed by atoms with van der Waals surface area (Å²) in [5, 5.41) is 20.5. The molecule has 0 saturated carbocycles. The number of nitrogens with zero attached hydrogens (tertiary/aromatic N) is 5. The van der Waals surface area contributed by atoms with Crippen molar-refractivity contribution in [1.82, 2.24) is 25.0 Å². The fourth-order valence-corrected chi connectivity index (χ4v) is 3.87. The summed E-state index contributed by atoms with van der Waals surface area (Å²) in [4.78, 5) is 12.3. The number of carbonyl (C=O) groups is 1. The lowest BCUT2D eigenvalue weighted by molar-refractivity contribution is -0.115. The zero-order valence-corrected chi connectivity index (χ0v) is 18.0. The van der Waals surface area contributed by atoms with Gasteiger partial charge in [-0.2, -0.15) is 0 Å². The number of aryl methyl sites for hydroxylation is 3. The summed E-state index contributed by atoms with van der Waals surface area (Å²) in [6.07, 6.45) is 0. The normalized spacial score (nSPS) is 12.0. The first-order chi connectivity index (χ1) is 13.3. The highest BCUT2D eigenvalue weighted by Gasteiger charge is 2.20. The minimum atomic E-state index is -0.361. The van der Waals surface area contributed by atoms with E-state index in [4.69, 9.17) is 4.74 Å². The summed E-state index contributed by atoms with van der Waals surface area (Å²) >= 11 is 2.67. The lowest BCUT2D eigenvalue weighted by Crippen LogP contribution is -2.22. The van der Waals surface area contributed by atoms with Gasteiger partial charge >= 0.3 is 0 Å². The van der Waals surface area contributed by atoms with Crippen molar-refractivity contribution in [2.45, 2.75) is 44.7 Å². The standard InChI is InChI=1S/C18H22N6O2S2/c1-10-6-7-14(11(2)8-10)26-9-15-21-23-18(24(15)5)27-12(3)16(25)19-17-22-20-13(4)28-17/h6-8,12H,9H2,1-5H3,(H,19,22,25)/t12-/m1/s1. The number of rotatable bonds is 7. The van der Waals surface area contributed by atoms with E-state index in [-0.39, 0.29) is 11.2 Å². The Labute approximate surface area is 171 Å². The van der Waals surface area contributed by atoms with Crippen molar-refractivity contribution in [3.8, 4) is 5.75 Å². The number of carbonyl (C=O) groups excluding carboxylic acids is 1. The van der Waals surface area contributed by atoms with Crippen LogP contribution in [0.5, 0.6) is 5.75 Å². The van der Waals surface area contributed by atoms with Crippen molar-refractivity contribution >= 4 is 34.1 Å². The number of benzene rings is 1. The largest absolute Gasteiger partial charge is 0.485 e. The average molecular weight is 419 g/mol. The third-order valence-electron chi connectivity index (χ3n) is 4.02. The van der Waals surface area contributed by atoms with Gasteiger partial charge in [-0.15, -0.1) is 20.4 Å². The molecule has 148 valence electrons. The van der Waals surface area contributed by atoms with Gasteiger partial charge in [-0.25, -0.2) is 0 Å². The van der Waals surface area contributed by atoms with Gasteiger partial charge in [0.15, 0.2) is 11.0 Å². The number of aromatic nitrogens is 5. The summed E-state index contributed by atoms with van der Waals surface area (Å²) in [7, 11) is 1.86. The Morgan fingerprint density at radius 3 is 2.71 bits per heavy atom. The molecule has 0 saturated heterocycles. The molecule has 1 amide bonds. The van der Waals surface area contributed by atoms with Crippen LogP contribution in [0.1, 0.15) is 28.9 Å². The maximum atomic E-state index is 12.3. The Hall–Kier alpha value is -2.46. The lowest BCUT2D eigenvalue weighted by Gasteiger charge is -2.11. The van der Waals surface area contributed by atoms with Crippen LogP contribution < -0.4 is 10.1 Å². The summed E-state index contributed by atoms with van der Waals surface area (Å²) < 4.78 is 7.72. The Bertz CT molecular complexity index is 984. The molecule has 0 aliphatic heterocycles. The van der Waals surface area contributed by atoms with E-state index in [1.807, 2.05) is 51.4 Å². The summed E-state index contributed by atoms with van der Waals surface area (Å²) in [5.74, 6) is 1.36. The topological polar surface area (TPSA) is 94.8 Å². The van der Waals surface area contributed by atoms with Gasteiger partial charge in [0, 0.05) is 7.05 Å². The van der Waals surface area contributed by atoms with Crippen LogP contribution in [0.25, 0.3) is 0 Å². The van der Waals surface area contributed by atoms with E-state index in [0.717, 1.165) is 16.3 Å². The number of hydrogen-bond donors (Lipinski definition) is 1. The molecule has 0 bridgehead atoms. The fraction of sp³-hybridized carbons (Fsp3) is 0.389. The highest BCUT2D eigenvalue weighted by molar-refractivity contribution is 8.00. The van der Waals surface area contributed by atoms with Gasteiger partial charge in [0.1, 0.15) is 17.4 Å². The minimum Gasteiger partial charge on any atom is -0.485 e. The molecule has 1 aromatic carbocycles. The summed E-state index contributed by atoms with van der Waals surface area (Å²) in [6, 6.07) is 6.05. The number of ether oxygens (including phenoxy) is 1. The molecule has 28 heavy (non-hydrogen) atoms. The number of amides is 1. The van der Waals surface area contributed by atoms with Gasteiger partial charge in [0.2, 0.25) is 11.0 Å². The van der Waals surface area contributed by atoms with Gasteiger partial charge in [-0.3, -0.25) is 10.1 Å². The number of nitrogens with one attached hydrogen (secondary N) is 1. The molecule has 10 heteroatoms. The molecular weight excluding hydrogens is 396 g/mol. The van der Waals surface area contributed by atoms with Gasteiger partial charge in [-0.1, -0.05) is 40.8 Å². The van der Waals surface area contributed by atoms with Crippen LogP contribution in [0.15, 0.2) is 23.4 Å². The van der Waals surface area contributed by atoms with Gasteiger partial charge in [-0.05, 0) is 39.3 Å². The van der Waals surface area contributed by atoms with E-state index in [2.05, 4.69) is 31.8 Å². The summed E-state index contributed by atoms with van der Waals surface area (Å²) in [6.45, 7) is 8.02. The van der Waals surface area contributed by atoms with Gasteiger partial charge in [0.05, 0.1) is 5.25 Å². The first-order valence-corrected chi connectivity index (χ1v) is 10.4. The van der Waals surface area contributed by atoms with E-state index < -0.39 is 0 Å². The number of anilines is 1. The fourth-order valence-electron chi connectivity index (χ4n) is 2.44. The van der Waals surface area contributed by atoms with Crippen molar-refractivity contribution in [2.75, 3.05) is 5.32 Å². The monoisotopic (exact) mass is 418 g/mol. The van der Waals surface area contributed by atoms with E-state index >= 15 is 0 Å². The molecule has 0 aliphatic carbocycles. The number of hydrogen-bond acceptors (Lipinski definition) is 8. The molecule has 0 unspecified atom stereocenters. The maximum absolute atomic E-state index is 12.3. The first kappa shape index (κ1) is 20.3. The van der Waals surface area contributed by atoms with Crippen LogP contribution in [-0.4, -0.2) is 36.1 Å². The zero-order chi connectivity index (χ0) is 20.3. The van der Waals surface area contributed by atoms with Crippen LogP contribution in [0, 0.1) is 20.8 Å². The van der Waals surface area contributed by atoms with E-state index in [1.165, 1.54) is 28.7 Å². The molecule has 0 spiro atoms. The van der Waals surface area contributed by atoms with Crippen molar-refractivity contribution < 1.29 is 9.53 Å². The lowest BCUT2D eigenvalue weighted by atomic mass is 10.1. The Morgan fingerprint density at radius 1 is 1.25 bits per heavy atom. The predicted octanol–water partition coefficient (Wildman–Crippen LogP) is 3.29. The van der Waals surface area contributed by atoms with Crippen molar-refractivity contribution in [3.05, 3.63) is 40.2 Å². The van der Waals surface area contributed by atoms with E-state index in [0.29, 0.717) is 22.7 Å². The van der Waals surface area contributed by atoms with Gasteiger partial charge in [0.25, 0.3) is 0 Å². The van der Waals surface area contributed by atoms with Crippen LogP contribution in [0.4, 0.5) is 5.13 Å². The third kappa shape index (κ3) is 4.87.